The summed E-state index contributed by atoms with van der Waals surface area (Å²) in [5.41, 5.74) is 6.28. The molecule has 1 aromatic heterocycles. The number of rotatable bonds is 4. The van der Waals surface area contributed by atoms with E-state index in [1.54, 1.807) is 0 Å². The highest BCUT2D eigenvalue weighted by molar-refractivity contribution is 5.43. The first-order valence-electron chi connectivity index (χ1n) is 11.1. The smallest absolute Gasteiger partial charge is 0.231 e. The minimum atomic E-state index is 0.0455. The van der Waals surface area contributed by atoms with Crippen LogP contribution in [0.25, 0.3) is 0 Å². The molecule has 2 aliphatic heterocycles. The lowest BCUT2D eigenvalue weighted by atomic mass is 9.79. The molecule has 2 aliphatic rings. The van der Waals surface area contributed by atoms with E-state index in [1.165, 1.54) is 0 Å². The van der Waals surface area contributed by atoms with Gasteiger partial charge in [0.05, 0.1) is 0 Å². The molecule has 2 saturated heterocycles. The van der Waals surface area contributed by atoms with Crippen LogP contribution in [-0.2, 0) is 0 Å². The number of nitrogens with zero attached hydrogens (tertiary/aromatic N) is 4. The van der Waals surface area contributed by atoms with Crippen molar-refractivity contribution < 1.29 is 0 Å². The number of aromatic nitrogens is 3. The van der Waals surface area contributed by atoms with Crippen molar-refractivity contribution in [3.05, 3.63) is 0 Å². The van der Waals surface area contributed by atoms with Gasteiger partial charge in [0, 0.05) is 41.3 Å². The standard InChI is InChI=1S/C22H42N8/c1-19(2)10-14(11-20(3,4)28-19)24-17-25-16(23)26-18(27-17)30(9)15-12-21(5,6)29-22(7,8)13-15/h14-15,28-29H,10-13H2,1-9H3,(H3,23,24,25,26,27). The van der Waals surface area contributed by atoms with Crippen molar-refractivity contribution in [2.24, 2.45) is 0 Å². The molecule has 0 unspecified atom stereocenters. The highest BCUT2D eigenvalue weighted by Crippen LogP contribution is 2.33. The van der Waals surface area contributed by atoms with Crippen molar-refractivity contribution in [2.45, 2.75) is 115 Å². The maximum atomic E-state index is 6.09. The zero-order valence-corrected chi connectivity index (χ0v) is 20.3. The Bertz CT molecular complexity index is 738. The molecule has 3 rings (SSSR count). The summed E-state index contributed by atoms with van der Waals surface area (Å²) in [6.07, 6.45) is 4.00. The maximum absolute atomic E-state index is 6.09. The van der Waals surface area contributed by atoms with Crippen LogP contribution in [0.3, 0.4) is 0 Å². The molecule has 0 aliphatic carbocycles. The Kier molecular flexibility index (Phi) is 5.74. The highest BCUT2D eigenvalue weighted by atomic mass is 15.3. The Morgan fingerprint density at radius 1 is 0.800 bits per heavy atom. The number of nitrogens with one attached hydrogen (secondary N) is 3. The summed E-state index contributed by atoms with van der Waals surface area (Å²) in [7, 11) is 2.07. The maximum Gasteiger partial charge on any atom is 0.231 e. The van der Waals surface area contributed by atoms with Gasteiger partial charge in [-0.3, -0.25) is 0 Å². The van der Waals surface area contributed by atoms with E-state index in [2.05, 4.69) is 93.3 Å². The van der Waals surface area contributed by atoms with Gasteiger partial charge in [0.15, 0.2) is 0 Å². The van der Waals surface area contributed by atoms with Gasteiger partial charge in [-0.1, -0.05) is 0 Å². The molecule has 0 spiro atoms. The topological polar surface area (TPSA) is 104 Å². The zero-order valence-electron chi connectivity index (χ0n) is 20.3. The molecule has 0 radical (unpaired) electrons. The van der Waals surface area contributed by atoms with Crippen molar-refractivity contribution in [3.63, 3.8) is 0 Å². The molecule has 3 heterocycles. The molecule has 0 bridgehead atoms. The summed E-state index contributed by atoms with van der Waals surface area (Å²) in [5, 5.41) is 11.0. The van der Waals surface area contributed by atoms with Gasteiger partial charge in [0.25, 0.3) is 0 Å². The Hall–Kier alpha value is -1.67. The fourth-order valence-electron chi connectivity index (χ4n) is 5.92. The van der Waals surface area contributed by atoms with Crippen LogP contribution in [0, 0.1) is 0 Å². The summed E-state index contributed by atoms with van der Waals surface area (Å²) in [6, 6.07) is 0.593. The molecule has 0 saturated carbocycles. The van der Waals surface area contributed by atoms with Crippen molar-refractivity contribution in [2.75, 3.05) is 23.0 Å². The molecule has 8 heteroatoms. The molecule has 30 heavy (non-hydrogen) atoms. The fourth-order valence-corrected chi connectivity index (χ4v) is 5.92. The Morgan fingerprint density at radius 3 is 1.77 bits per heavy atom. The Balaban J connectivity index is 1.80. The van der Waals surface area contributed by atoms with Crippen molar-refractivity contribution >= 4 is 17.8 Å². The van der Waals surface area contributed by atoms with E-state index in [4.69, 9.17) is 10.7 Å². The van der Waals surface area contributed by atoms with Crippen LogP contribution in [-0.4, -0.2) is 56.2 Å². The summed E-state index contributed by atoms with van der Waals surface area (Å²) < 4.78 is 0. The lowest BCUT2D eigenvalue weighted by Gasteiger charge is -2.49. The van der Waals surface area contributed by atoms with Gasteiger partial charge in [-0.2, -0.15) is 15.0 Å². The molecule has 170 valence electrons. The zero-order chi connectivity index (χ0) is 22.5. The fraction of sp³-hybridized carbons (Fsp3) is 0.864. The summed E-state index contributed by atoms with van der Waals surface area (Å²) in [5.74, 6) is 1.46. The molecule has 2 fully saturated rings. The van der Waals surface area contributed by atoms with E-state index in [0.717, 1.165) is 25.7 Å². The monoisotopic (exact) mass is 418 g/mol. The minimum absolute atomic E-state index is 0.0455. The quantitative estimate of drug-likeness (QED) is 0.592. The first-order chi connectivity index (χ1) is 13.5. The first-order valence-corrected chi connectivity index (χ1v) is 11.1. The third-order valence-electron chi connectivity index (χ3n) is 6.20. The van der Waals surface area contributed by atoms with Crippen LogP contribution < -0.4 is 26.6 Å². The average Bonchev–Trinajstić information content (AvgIpc) is 2.47. The van der Waals surface area contributed by atoms with E-state index in [9.17, 15) is 0 Å². The van der Waals surface area contributed by atoms with E-state index < -0.39 is 0 Å². The molecular formula is C22H42N8. The highest BCUT2D eigenvalue weighted by Gasteiger charge is 2.40. The molecule has 0 aromatic carbocycles. The number of nitrogens with two attached hydrogens (primary N) is 1. The lowest BCUT2D eigenvalue weighted by Crippen LogP contribution is -2.62. The molecule has 0 atom stereocenters. The summed E-state index contributed by atoms with van der Waals surface area (Å²) in [6.45, 7) is 18.0. The third-order valence-corrected chi connectivity index (χ3v) is 6.20. The minimum Gasteiger partial charge on any atom is -0.368 e. The van der Waals surface area contributed by atoms with E-state index in [0.29, 0.717) is 17.9 Å². The Morgan fingerprint density at radius 2 is 1.27 bits per heavy atom. The number of nitrogen functional groups attached to an aromatic ring is 1. The second kappa shape index (κ2) is 7.48. The average molecular weight is 419 g/mol. The van der Waals surface area contributed by atoms with Crippen LogP contribution in [0.2, 0.25) is 0 Å². The first kappa shape index (κ1) is 23.0. The predicted molar refractivity (Wildman–Crippen MR) is 125 cm³/mol. The second-order valence-corrected chi connectivity index (χ2v) is 12.0. The SMILES string of the molecule is CN(c1nc(N)nc(NC2CC(C)(C)NC(C)(C)C2)n1)C1CC(C)(C)NC(C)(C)C1. The molecule has 1 aromatic rings. The number of hydrogen-bond acceptors (Lipinski definition) is 8. The number of piperidine rings is 2. The van der Waals surface area contributed by atoms with E-state index in [1.807, 2.05) is 0 Å². The summed E-state index contributed by atoms with van der Waals surface area (Å²) in [4.78, 5) is 15.8. The van der Waals surface area contributed by atoms with Gasteiger partial charge in [0.2, 0.25) is 17.8 Å². The van der Waals surface area contributed by atoms with Gasteiger partial charge in [-0.15, -0.1) is 0 Å². The summed E-state index contributed by atoms with van der Waals surface area (Å²) >= 11 is 0. The molecular weight excluding hydrogens is 376 g/mol. The van der Waals surface area contributed by atoms with Gasteiger partial charge in [-0.25, -0.2) is 0 Å². The number of anilines is 3. The third kappa shape index (κ3) is 5.72. The van der Waals surface area contributed by atoms with Gasteiger partial charge in [-0.05, 0) is 81.1 Å². The van der Waals surface area contributed by atoms with E-state index in [-0.39, 0.29) is 34.1 Å². The van der Waals surface area contributed by atoms with Crippen LogP contribution >= 0.6 is 0 Å². The number of hydrogen-bond donors (Lipinski definition) is 4. The van der Waals surface area contributed by atoms with Gasteiger partial charge >= 0.3 is 0 Å². The molecule has 0 amide bonds. The van der Waals surface area contributed by atoms with Crippen molar-refractivity contribution in [3.8, 4) is 0 Å². The van der Waals surface area contributed by atoms with Crippen LogP contribution in [0.4, 0.5) is 17.8 Å². The lowest BCUT2D eigenvalue weighted by molar-refractivity contribution is 0.160. The van der Waals surface area contributed by atoms with Crippen LogP contribution in [0.15, 0.2) is 0 Å². The van der Waals surface area contributed by atoms with Gasteiger partial charge < -0.3 is 26.6 Å². The molecule has 5 N–H and O–H groups in total. The predicted octanol–water partition coefficient (Wildman–Crippen LogP) is 2.92. The largest absolute Gasteiger partial charge is 0.368 e. The second-order valence-electron chi connectivity index (χ2n) is 12.0. The normalized spacial score (nSPS) is 25.6. The van der Waals surface area contributed by atoms with Crippen LogP contribution in [0.5, 0.6) is 0 Å². The van der Waals surface area contributed by atoms with Crippen molar-refractivity contribution in [1.29, 1.82) is 0 Å². The van der Waals surface area contributed by atoms with Crippen molar-refractivity contribution in [1.82, 2.24) is 25.6 Å². The van der Waals surface area contributed by atoms with Crippen LogP contribution in [0.1, 0.15) is 81.1 Å². The van der Waals surface area contributed by atoms with Gasteiger partial charge in [0.1, 0.15) is 0 Å². The van der Waals surface area contributed by atoms with E-state index >= 15 is 0 Å². The Labute approximate surface area is 182 Å². The molecule has 8 nitrogen and oxygen atoms in total.